The van der Waals surface area contributed by atoms with Crippen LogP contribution in [0, 0.1) is 0 Å². The molecule has 2 aromatic carbocycles. The third-order valence-electron chi connectivity index (χ3n) is 4.75. The summed E-state index contributed by atoms with van der Waals surface area (Å²) in [6, 6.07) is 22.3. The van der Waals surface area contributed by atoms with Gasteiger partial charge in [0.15, 0.2) is 0 Å². The third kappa shape index (κ3) is 5.38. The van der Waals surface area contributed by atoms with Crippen molar-refractivity contribution in [3.8, 4) is 0 Å². The molecule has 2 aromatic rings. The standard InChI is InChI=1S/C25H28P2/c1-3-14-22(4-2)26(23-15-8-5-9-16-23)21-27(24-17-10-6-11-18-24)25-19-12-7-13-20-25/h3-19,25H,20-21H2,1-2H3/b14-3-,22-4+. The van der Waals surface area contributed by atoms with E-state index < -0.39 is 0 Å². The van der Waals surface area contributed by atoms with Gasteiger partial charge in [-0.25, -0.2) is 0 Å². The van der Waals surface area contributed by atoms with Crippen LogP contribution in [0.2, 0.25) is 0 Å². The Balaban J connectivity index is 1.99. The number of hydrogen-bond donors (Lipinski definition) is 0. The van der Waals surface area contributed by atoms with Crippen LogP contribution in [0.3, 0.4) is 0 Å². The number of benzene rings is 2. The van der Waals surface area contributed by atoms with E-state index >= 15 is 0 Å². The molecule has 3 rings (SSSR count). The van der Waals surface area contributed by atoms with Gasteiger partial charge in [0.25, 0.3) is 0 Å². The molecular formula is C25H28P2. The Labute approximate surface area is 166 Å². The second kappa shape index (κ2) is 10.6. The van der Waals surface area contributed by atoms with Gasteiger partial charge < -0.3 is 0 Å². The average molecular weight is 390 g/mol. The largest absolute Gasteiger partial charge is 0.0870 e. The topological polar surface area (TPSA) is 0 Å². The Morgan fingerprint density at radius 1 is 0.926 bits per heavy atom. The van der Waals surface area contributed by atoms with E-state index in [1.807, 2.05) is 0 Å². The van der Waals surface area contributed by atoms with Crippen molar-refractivity contribution in [3.05, 3.63) is 109 Å². The zero-order valence-electron chi connectivity index (χ0n) is 16.2. The maximum absolute atomic E-state index is 2.43. The van der Waals surface area contributed by atoms with Gasteiger partial charge in [-0.2, -0.15) is 0 Å². The summed E-state index contributed by atoms with van der Waals surface area (Å²) < 4.78 is 0. The molecule has 0 saturated heterocycles. The Kier molecular flexibility index (Phi) is 7.82. The number of rotatable bonds is 7. The van der Waals surface area contributed by atoms with Gasteiger partial charge in [-0.05, 0) is 44.1 Å². The van der Waals surface area contributed by atoms with Gasteiger partial charge in [-0.15, -0.1) is 0 Å². The summed E-state index contributed by atoms with van der Waals surface area (Å²) in [4.78, 5) is 0. The molecule has 0 heterocycles. The minimum absolute atomic E-state index is 0.270. The third-order valence-corrected chi connectivity index (χ3v) is 11.2. The van der Waals surface area contributed by atoms with E-state index in [-0.39, 0.29) is 15.8 Å². The first-order valence-electron chi connectivity index (χ1n) is 9.60. The highest BCUT2D eigenvalue weighted by atomic mass is 31.2. The molecule has 0 bridgehead atoms. The van der Waals surface area contributed by atoms with Crippen molar-refractivity contribution in [1.82, 2.24) is 0 Å². The molecule has 1 aliphatic carbocycles. The first-order chi connectivity index (χ1) is 13.3. The van der Waals surface area contributed by atoms with E-state index in [2.05, 4.69) is 117 Å². The fraction of sp³-hybridized carbons (Fsp3) is 0.200. The molecule has 0 aromatic heterocycles. The zero-order chi connectivity index (χ0) is 18.9. The predicted octanol–water partition coefficient (Wildman–Crippen LogP) is 6.92. The van der Waals surface area contributed by atoms with E-state index in [4.69, 9.17) is 0 Å². The smallest absolute Gasteiger partial charge is 0.00516 e. The summed E-state index contributed by atoms with van der Waals surface area (Å²) in [6.07, 6.45) is 17.2. The predicted molar refractivity (Wildman–Crippen MR) is 126 cm³/mol. The van der Waals surface area contributed by atoms with E-state index in [0.29, 0.717) is 5.66 Å². The molecule has 138 valence electrons. The van der Waals surface area contributed by atoms with Crippen LogP contribution in [0.15, 0.2) is 109 Å². The summed E-state index contributed by atoms with van der Waals surface area (Å²) in [5.41, 5.74) is 0.629. The van der Waals surface area contributed by atoms with Crippen LogP contribution < -0.4 is 10.6 Å². The molecule has 1 aliphatic rings. The second-order valence-electron chi connectivity index (χ2n) is 6.54. The fourth-order valence-electron chi connectivity index (χ4n) is 3.38. The molecule has 0 radical (unpaired) electrons. The average Bonchev–Trinajstić information content (AvgIpc) is 2.75. The Bertz CT molecular complexity index is 816. The van der Waals surface area contributed by atoms with Gasteiger partial charge in [0, 0.05) is 11.6 Å². The Hall–Kier alpha value is -1.74. The van der Waals surface area contributed by atoms with Gasteiger partial charge in [0.05, 0.1) is 0 Å². The van der Waals surface area contributed by atoms with Crippen molar-refractivity contribution >= 4 is 26.5 Å². The summed E-state index contributed by atoms with van der Waals surface area (Å²) in [7, 11) is -0.638. The van der Waals surface area contributed by atoms with Crippen LogP contribution in [0.5, 0.6) is 0 Å². The van der Waals surface area contributed by atoms with Crippen molar-refractivity contribution < 1.29 is 0 Å². The van der Waals surface area contributed by atoms with Crippen LogP contribution in [0.25, 0.3) is 0 Å². The number of hydrogen-bond acceptors (Lipinski definition) is 0. The van der Waals surface area contributed by atoms with Crippen molar-refractivity contribution in [2.24, 2.45) is 0 Å². The highest BCUT2D eigenvalue weighted by molar-refractivity contribution is 7.84. The number of allylic oxidation sites excluding steroid dienone is 8. The molecule has 0 spiro atoms. The van der Waals surface area contributed by atoms with Crippen molar-refractivity contribution in [2.75, 3.05) is 5.90 Å². The molecule has 0 fully saturated rings. The maximum Gasteiger partial charge on any atom is 0.00516 e. The first kappa shape index (κ1) is 20.0. The first-order valence-corrected chi connectivity index (χ1v) is 12.7. The van der Waals surface area contributed by atoms with Crippen molar-refractivity contribution in [3.63, 3.8) is 0 Å². The minimum Gasteiger partial charge on any atom is -0.0870 e. The van der Waals surface area contributed by atoms with Crippen LogP contribution in [-0.4, -0.2) is 11.6 Å². The van der Waals surface area contributed by atoms with Gasteiger partial charge >= 0.3 is 0 Å². The van der Waals surface area contributed by atoms with E-state index in [1.54, 1.807) is 0 Å². The lowest BCUT2D eigenvalue weighted by Gasteiger charge is -2.31. The highest BCUT2D eigenvalue weighted by Gasteiger charge is 2.26. The van der Waals surface area contributed by atoms with E-state index in [1.165, 1.54) is 21.8 Å². The van der Waals surface area contributed by atoms with Crippen LogP contribution in [0.1, 0.15) is 20.3 Å². The van der Waals surface area contributed by atoms with Crippen LogP contribution in [0.4, 0.5) is 0 Å². The van der Waals surface area contributed by atoms with E-state index in [0.717, 1.165) is 6.42 Å². The molecule has 27 heavy (non-hydrogen) atoms. The summed E-state index contributed by atoms with van der Waals surface area (Å²) in [6.45, 7) is 4.30. The lowest BCUT2D eigenvalue weighted by Crippen LogP contribution is -2.16. The lowest BCUT2D eigenvalue weighted by molar-refractivity contribution is 1.04. The second-order valence-corrected chi connectivity index (χ2v) is 11.7. The molecule has 0 saturated carbocycles. The molecular weight excluding hydrogens is 362 g/mol. The zero-order valence-corrected chi connectivity index (χ0v) is 18.0. The molecule has 0 N–H and O–H groups in total. The summed E-state index contributed by atoms with van der Waals surface area (Å²) in [5.74, 6) is 1.24. The summed E-state index contributed by atoms with van der Waals surface area (Å²) in [5, 5.41) is 4.49. The van der Waals surface area contributed by atoms with Crippen LogP contribution in [-0.2, 0) is 0 Å². The normalized spacial score (nSPS) is 19.3. The molecule has 2 heteroatoms. The van der Waals surface area contributed by atoms with Gasteiger partial charge in [-0.3, -0.25) is 0 Å². The van der Waals surface area contributed by atoms with Gasteiger partial charge in [-0.1, -0.05) is 111 Å². The molecule has 3 atom stereocenters. The molecule has 0 aliphatic heterocycles. The maximum atomic E-state index is 2.43. The lowest BCUT2D eigenvalue weighted by atomic mass is 10.2. The highest BCUT2D eigenvalue weighted by Crippen LogP contribution is 2.58. The minimum atomic E-state index is -0.368. The van der Waals surface area contributed by atoms with Crippen molar-refractivity contribution in [2.45, 2.75) is 25.9 Å². The Morgan fingerprint density at radius 3 is 2.15 bits per heavy atom. The van der Waals surface area contributed by atoms with E-state index in [9.17, 15) is 0 Å². The van der Waals surface area contributed by atoms with Gasteiger partial charge in [0.1, 0.15) is 0 Å². The SMILES string of the molecule is C/C=C\C(=C/C)P(CP(c1ccccc1)C1C=CC=CC1)c1ccccc1. The molecule has 3 unspecified atom stereocenters. The van der Waals surface area contributed by atoms with Crippen LogP contribution >= 0.6 is 15.8 Å². The van der Waals surface area contributed by atoms with Gasteiger partial charge in [0.2, 0.25) is 0 Å². The summed E-state index contributed by atoms with van der Waals surface area (Å²) >= 11 is 0. The molecule has 0 nitrogen and oxygen atoms in total. The monoisotopic (exact) mass is 390 g/mol. The quantitative estimate of drug-likeness (QED) is 0.355. The fourth-order valence-corrected chi connectivity index (χ4v) is 10.5. The van der Waals surface area contributed by atoms with Crippen molar-refractivity contribution in [1.29, 1.82) is 0 Å². The molecule has 0 amide bonds. The Morgan fingerprint density at radius 2 is 1.59 bits per heavy atom.